The van der Waals surface area contributed by atoms with E-state index < -0.39 is 36.3 Å². The molecule has 0 aromatic rings. The first kappa shape index (κ1) is 38.3. The lowest BCUT2D eigenvalue weighted by Gasteiger charge is -2.30. The Morgan fingerprint density at radius 1 is 0.976 bits per heavy atom. The lowest BCUT2D eigenvalue weighted by molar-refractivity contribution is -0.150. The molecule has 244 valence electrons. The van der Waals surface area contributed by atoms with Crippen LogP contribution in [0, 0.1) is 23.7 Å². The van der Waals surface area contributed by atoms with Gasteiger partial charge in [0.2, 0.25) is 0 Å². The van der Waals surface area contributed by atoms with Gasteiger partial charge in [-0.1, -0.05) is 65.5 Å². The maximum Gasteiger partial charge on any atom is 0.333 e. The van der Waals surface area contributed by atoms with Gasteiger partial charge >= 0.3 is 11.9 Å². The largest absolute Gasteiger partial charge is 0.481 e. The van der Waals surface area contributed by atoms with Crippen molar-refractivity contribution in [1.29, 1.82) is 0 Å². The van der Waals surface area contributed by atoms with Crippen molar-refractivity contribution in [2.24, 2.45) is 23.7 Å². The molecule has 0 saturated carbocycles. The average molecular weight is 597 g/mol. The van der Waals surface area contributed by atoms with Crippen LogP contribution in [0.1, 0.15) is 125 Å². The van der Waals surface area contributed by atoms with Gasteiger partial charge in [-0.3, -0.25) is 4.79 Å². The molecule has 0 saturated heterocycles. The number of esters is 1. The van der Waals surface area contributed by atoms with E-state index >= 15 is 0 Å². The molecule has 9 atom stereocenters. The summed E-state index contributed by atoms with van der Waals surface area (Å²) in [6.07, 6.45) is 9.03. The van der Waals surface area contributed by atoms with E-state index in [4.69, 9.17) is 9.84 Å². The third kappa shape index (κ3) is 15.1. The van der Waals surface area contributed by atoms with Crippen molar-refractivity contribution in [2.45, 2.75) is 156 Å². The first-order valence-corrected chi connectivity index (χ1v) is 16.2. The fourth-order valence-corrected chi connectivity index (χ4v) is 5.87. The van der Waals surface area contributed by atoms with Crippen LogP contribution in [0.4, 0.5) is 0 Å². The van der Waals surface area contributed by atoms with Crippen LogP contribution < -0.4 is 0 Å². The number of allylic oxidation sites excluding steroid dienone is 1. The number of carbonyl (C=O) groups excluding carboxylic acids is 1. The summed E-state index contributed by atoms with van der Waals surface area (Å²) in [7, 11) is 0. The van der Waals surface area contributed by atoms with Gasteiger partial charge in [0.15, 0.2) is 0 Å². The highest BCUT2D eigenvalue weighted by atomic mass is 16.5. The first-order valence-electron chi connectivity index (χ1n) is 16.2. The zero-order chi connectivity index (χ0) is 31.8. The topological polar surface area (TPSA) is 145 Å². The molecule has 1 unspecified atom stereocenters. The van der Waals surface area contributed by atoms with Gasteiger partial charge in [0, 0.05) is 24.3 Å². The van der Waals surface area contributed by atoms with E-state index in [1.807, 2.05) is 6.92 Å². The van der Waals surface area contributed by atoms with Gasteiger partial charge < -0.3 is 30.3 Å². The van der Waals surface area contributed by atoms with Gasteiger partial charge in [-0.05, 0) is 82.1 Å². The summed E-state index contributed by atoms with van der Waals surface area (Å²) in [6, 6.07) is 0. The van der Waals surface area contributed by atoms with Crippen molar-refractivity contribution < 1.29 is 39.9 Å². The van der Waals surface area contributed by atoms with E-state index in [1.165, 1.54) is 0 Å². The Labute approximate surface area is 254 Å². The molecule has 1 aliphatic rings. The normalized spacial score (nSPS) is 33.2. The third-order valence-electron chi connectivity index (χ3n) is 9.05. The molecular weight excluding hydrogens is 536 g/mol. The van der Waals surface area contributed by atoms with E-state index in [9.17, 15) is 30.0 Å². The Morgan fingerprint density at radius 2 is 1.60 bits per heavy atom. The minimum Gasteiger partial charge on any atom is -0.481 e. The molecule has 1 heterocycles. The van der Waals surface area contributed by atoms with Gasteiger partial charge in [-0.25, -0.2) is 4.79 Å². The van der Waals surface area contributed by atoms with E-state index in [1.54, 1.807) is 19.9 Å². The number of aliphatic carboxylic acids is 1. The van der Waals surface area contributed by atoms with Crippen LogP contribution >= 0.6 is 0 Å². The van der Waals surface area contributed by atoms with Crippen molar-refractivity contribution in [3.63, 3.8) is 0 Å². The molecule has 5 N–H and O–H groups in total. The minimum absolute atomic E-state index is 0.130. The summed E-state index contributed by atoms with van der Waals surface area (Å²) < 4.78 is 6.11. The zero-order valence-electron chi connectivity index (χ0n) is 27.0. The van der Waals surface area contributed by atoms with Gasteiger partial charge in [-0.15, -0.1) is 0 Å². The summed E-state index contributed by atoms with van der Waals surface area (Å²) in [5, 5.41) is 50.9. The molecule has 0 aromatic carbocycles. The van der Waals surface area contributed by atoms with E-state index in [0.717, 1.165) is 44.1 Å². The maximum absolute atomic E-state index is 13.1. The summed E-state index contributed by atoms with van der Waals surface area (Å²) in [5.74, 6) is -1.13. The lowest BCUT2D eigenvalue weighted by Crippen LogP contribution is -2.33. The number of carbonyl (C=O) groups is 2. The van der Waals surface area contributed by atoms with Crippen LogP contribution in [0.15, 0.2) is 23.3 Å². The fourth-order valence-electron chi connectivity index (χ4n) is 5.87. The summed E-state index contributed by atoms with van der Waals surface area (Å²) >= 11 is 0. The van der Waals surface area contributed by atoms with Gasteiger partial charge in [0.25, 0.3) is 0 Å². The summed E-state index contributed by atoms with van der Waals surface area (Å²) in [6.45, 7) is 11.7. The van der Waals surface area contributed by atoms with Crippen LogP contribution in [0.5, 0.6) is 0 Å². The van der Waals surface area contributed by atoms with Crippen LogP contribution in [0.2, 0.25) is 0 Å². The quantitative estimate of drug-likeness (QED) is 0.112. The van der Waals surface area contributed by atoms with Crippen LogP contribution in [0.3, 0.4) is 0 Å². The summed E-state index contributed by atoms with van der Waals surface area (Å²) in [5.41, 5.74) is 1.26. The number of hydrogen-bond acceptors (Lipinski definition) is 7. The number of hydrogen-bond donors (Lipinski definition) is 5. The fraction of sp³-hybridized carbons (Fsp3) is 0.824. The summed E-state index contributed by atoms with van der Waals surface area (Å²) in [4.78, 5) is 23.8. The molecule has 1 rings (SSSR count). The second kappa shape index (κ2) is 20.3. The number of unbranched alkanes of at least 4 members (excludes halogenated alkanes) is 2. The van der Waals surface area contributed by atoms with Crippen molar-refractivity contribution >= 4 is 11.9 Å². The highest BCUT2D eigenvalue weighted by molar-refractivity contribution is 5.87. The van der Waals surface area contributed by atoms with Crippen molar-refractivity contribution in [2.75, 3.05) is 0 Å². The predicted octanol–water partition coefficient (Wildman–Crippen LogP) is 5.95. The van der Waals surface area contributed by atoms with Gasteiger partial charge in [0.1, 0.15) is 6.10 Å². The average Bonchev–Trinajstić information content (AvgIpc) is 2.93. The number of aliphatic hydroxyl groups is 4. The Hall–Kier alpha value is -1.74. The number of cyclic esters (lactones) is 1. The van der Waals surface area contributed by atoms with Crippen molar-refractivity contribution in [3.8, 4) is 0 Å². The molecule has 0 radical (unpaired) electrons. The molecule has 0 aliphatic carbocycles. The van der Waals surface area contributed by atoms with Gasteiger partial charge in [0.05, 0.1) is 24.4 Å². The Bertz CT molecular complexity index is 852. The first-order chi connectivity index (χ1) is 19.7. The van der Waals surface area contributed by atoms with Crippen LogP contribution in [-0.2, 0) is 14.3 Å². The zero-order valence-corrected chi connectivity index (χ0v) is 27.0. The number of rotatable bonds is 11. The number of carboxylic acids is 1. The minimum atomic E-state index is -0.877. The molecule has 8 nitrogen and oxygen atoms in total. The highest BCUT2D eigenvalue weighted by Crippen LogP contribution is 2.29. The number of carboxylic acid groups (broad SMARTS) is 1. The Morgan fingerprint density at radius 3 is 2.24 bits per heavy atom. The van der Waals surface area contributed by atoms with Gasteiger partial charge in [-0.2, -0.15) is 0 Å². The van der Waals surface area contributed by atoms with Crippen LogP contribution in [0.25, 0.3) is 0 Å². The third-order valence-corrected chi connectivity index (χ3v) is 9.05. The molecule has 0 fully saturated rings. The van der Waals surface area contributed by atoms with Crippen LogP contribution in [-0.4, -0.2) is 68.0 Å². The number of aliphatic hydroxyl groups excluding tert-OH is 4. The lowest BCUT2D eigenvalue weighted by atomic mass is 9.85. The van der Waals surface area contributed by atoms with E-state index in [0.29, 0.717) is 31.3 Å². The molecule has 0 amide bonds. The molecule has 8 heteroatoms. The predicted molar refractivity (Wildman–Crippen MR) is 166 cm³/mol. The molecule has 0 aromatic heterocycles. The van der Waals surface area contributed by atoms with Crippen molar-refractivity contribution in [1.82, 2.24) is 0 Å². The highest BCUT2D eigenvalue weighted by Gasteiger charge is 2.29. The standard InChI is InChI=1S/C34H60O8/c1-22-12-11-14-24(3)33(23(2)13-7-8-15-28(35)16-9-10-17-32(39)40)42-34(41)25(4)18-19-29(36)27(6)31(38)21-30(37)26(5)20-22/h18,20,22-24,27-31,33,35-38H,7-17,19,21H2,1-6H3,(H,39,40)/b25-18-,26-20-/t22-,23+,24-,27+,28?,29+,30-,31+,33+/m0/s1. The molecular formula is C34H60O8. The SMILES string of the molecule is C/C1=C/C[C@@H](O)[C@@H](C)[C@H](O)C[C@H](O)/C(C)=C\[C@@H](C)CCC[C@H](C)[C@@H]([C@H](C)CCCCC(O)CCCCC(=O)O)OC1=O. The molecule has 42 heavy (non-hydrogen) atoms. The van der Waals surface area contributed by atoms with Crippen molar-refractivity contribution in [3.05, 3.63) is 23.3 Å². The molecule has 0 bridgehead atoms. The number of ether oxygens (including phenoxy) is 1. The second-order valence-electron chi connectivity index (χ2n) is 13.1. The van der Waals surface area contributed by atoms with E-state index in [2.05, 4.69) is 26.8 Å². The smallest absolute Gasteiger partial charge is 0.333 e. The maximum atomic E-state index is 13.1. The Kier molecular flexibility index (Phi) is 18.5. The molecule has 0 spiro atoms. The molecule has 1 aliphatic heterocycles. The second-order valence-corrected chi connectivity index (χ2v) is 13.1. The Balaban J connectivity index is 2.89. The van der Waals surface area contributed by atoms with E-state index in [-0.39, 0.29) is 49.1 Å². The monoisotopic (exact) mass is 596 g/mol.